The van der Waals surface area contributed by atoms with Gasteiger partial charge < -0.3 is 14.6 Å². The van der Waals surface area contributed by atoms with E-state index in [1.807, 2.05) is 12.2 Å². The van der Waals surface area contributed by atoms with Crippen molar-refractivity contribution in [3.05, 3.63) is 64.8 Å². The van der Waals surface area contributed by atoms with Gasteiger partial charge in [0.2, 0.25) is 5.91 Å². The number of benzene rings is 1. The van der Waals surface area contributed by atoms with Crippen molar-refractivity contribution in [3.63, 3.8) is 0 Å². The Balaban J connectivity index is 1.66. The average molecular weight is 695 g/mol. The number of fused-ring (bicyclic) bond motifs is 2. The number of imidazole rings is 1. The number of amides is 1. The predicted octanol–water partition coefficient (Wildman–Crippen LogP) is 4.97. The molecular formula is C28H27BrF3N7O4S. The fourth-order valence-electron chi connectivity index (χ4n) is 4.72. The molecule has 0 aliphatic heterocycles. The van der Waals surface area contributed by atoms with Crippen molar-refractivity contribution >= 4 is 54.1 Å². The number of nitrogens with one attached hydrogen (secondary N) is 1. The Kier molecular flexibility index (Phi) is 8.77. The van der Waals surface area contributed by atoms with Crippen LogP contribution in [0.3, 0.4) is 0 Å². The average Bonchev–Trinajstić information content (AvgIpc) is 3.53. The highest BCUT2D eigenvalue weighted by molar-refractivity contribution is 9.10. The van der Waals surface area contributed by atoms with Gasteiger partial charge in [-0.1, -0.05) is 17.7 Å². The number of aromatic nitrogens is 6. The van der Waals surface area contributed by atoms with E-state index in [0.29, 0.717) is 46.2 Å². The number of carbonyl (C=O) groups is 1. The minimum Gasteiger partial charge on any atom is -0.385 e. The molecule has 1 amide bonds. The van der Waals surface area contributed by atoms with Crippen molar-refractivity contribution in [1.29, 1.82) is 0 Å². The molecule has 0 bridgehead atoms. The van der Waals surface area contributed by atoms with Crippen LogP contribution in [-0.4, -0.2) is 69.2 Å². The molecule has 44 heavy (non-hydrogen) atoms. The Hall–Kier alpha value is -3.89. The van der Waals surface area contributed by atoms with E-state index in [1.165, 1.54) is 49.3 Å². The van der Waals surface area contributed by atoms with Crippen LogP contribution >= 0.6 is 15.9 Å². The van der Waals surface area contributed by atoms with E-state index in [4.69, 9.17) is 4.74 Å². The van der Waals surface area contributed by atoms with Crippen molar-refractivity contribution in [3.8, 4) is 11.4 Å². The molecule has 4 aromatic heterocycles. The quantitative estimate of drug-likeness (QED) is 0.203. The summed E-state index contributed by atoms with van der Waals surface area (Å²) in [5, 5.41) is 2.35. The third-order valence-electron chi connectivity index (χ3n) is 6.88. The van der Waals surface area contributed by atoms with Crippen molar-refractivity contribution in [1.82, 2.24) is 33.8 Å². The third kappa shape index (κ3) is 6.32. The van der Waals surface area contributed by atoms with Gasteiger partial charge in [-0.3, -0.25) is 4.79 Å². The minimum atomic E-state index is -4.58. The van der Waals surface area contributed by atoms with Crippen molar-refractivity contribution in [2.45, 2.75) is 43.8 Å². The molecule has 0 aliphatic carbocycles. The first-order valence-corrected chi connectivity index (χ1v) is 15.6. The Morgan fingerprint density at radius 2 is 1.84 bits per heavy atom. The van der Waals surface area contributed by atoms with Gasteiger partial charge in [0.25, 0.3) is 10.0 Å². The smallest absolute Gasteiger partial charge is 0.385 e. The van der Waals surface area contributed by atoms with Gasteiger partial charge in [-0.25, -0.2) is 32.3 Å². The molecule has 0 aliphatic rings. The first-order chi connectivity index (χ1) is 20.8. The Bertz CT molecular complexity index is 1960. The molecular weight excluding hydrogens is 667 g/mol. The zero-order valence-corrected chi connectivity index (χ0v) is 26.2. The van der Waals surface area contributed by atoms with Crippen LogP contribution in [-0.2, 0) is 26.0 Å². The number of hydrogen-bond donors (Lipinski definition) is 1. The van der Waals surface area contributed by atoms with Crippen LogP contribution in [0.4, 0.5) is 13.2 Å². The fraction of sp³-hybridized carbons (Fsp3) is 0.321. The SMILES string of the molecule is COCCCc1nc2cnc(-c3cn(S(=O)(=O)c4ccc(C)cc4)c4ncc(Br)cc34)nc2n1C(C)C(=O)NCC(F)(F)F. The van der Waals surface area contributed by atoms with Crippen LogP contribution in [0.25, 0.3) is 33.6 Å². The second-order valence-corrected chi connectivity index (χ2v) is 12.8. The number of ether oxygens (including phenoxy) is 1. The highest BCUT2D eigenvalue weighted by atomic mass is 79.9. The summed E-state index contributed by atoms with van der Waals surface area (Å²) in [6.45, 7) is 2.21. The third-order valence-corrected chi connectivity index (χ3v) is 8.98. The molecule has 0 spiro atoms. The summed E-state index contributed by atoms with van der Waals surface area (Å²) in [5.74, 6) is -0.358. The van der Waals surface area contributed by atoms with Crippen LogP contribution < -0.4 is 5.32 Å². The molecule has 16 heteroatoms. The maximum absolute atomic E-state index is 13.7. The van der Waals surface area contributed by atoms with E-state index in [2.05, 4.69) is 35.9 Å². The van der Waals surface area contributed by atoms with E-state index < -0.39 is 34.7 Å². The monoisotopic (exact) mass is 693 g/mol. The Morgan fingerprint density at radius 3 is 2.52 bits per heavy atom. The first kappa shape index (κ1) is 31.5. The van der Waals surface area contributed by atoms with Crippen LogP contribution in [0.2, 0.25) is 0 Å². The number of halogens is 4. The number of rotatable bonds is 10. The first-order valence-electron chi connectivity index (χ1n) is 13.4. The summed E-state index contributed by atoms with van der Waals surface area (Å²) in [4.78, 5) is 30.9. The van der Waals surface area contributed by atoms with Gasteiger partial charge >= 0.3 is 6.18 Å². The van der Waals surface area contributed by atoms with Crippen LogP contribution in [0.5, 0.6) is 0 Å². The van der Waals surface area contributed by atoms with E-state index >= 15 is 0 Å². The van der Waals surface area contributed by atoms with Gasteiger partial charge in [0.05, 0.1) is 11.1 Å². The lowest BCUT2D eigenvalue weighted by Crippen LogP contribution is -2.38. The maximum Gasteiger partial charge on any atom is 0.405 e. The molecule has 11 nitrogen and oxygen atoms in total. The summed E-state index contributed by atoms with van der Waals surface area (Å²) in [5.41, 5.74) is 1.87. The summed E-state index contributed by atoms with van der Waals surface area (Å²) >= 11 is 3.39. The van der Waals surface area contributed by atoms with Crippen molar-refractivity contribution in [2.24, 2.45) is 0 Å². The number of nitrogens with zero attached hydrogens (tertiary/aromatic N) is 6. The summed E-state index contributed by atoms with van der Waals surface area (Å²) in [7, 11) is -2.54. The Morgan fingerprint density at radius 1 is 1.11 bits per heavy atom. The number of hydrogen-bond acceptors (Lipinski definition) is 8. The largest absolute Gasteiger partial charge is 0.405 e. The lowest BCUT2D eigenvalue weighted by molar-refractivity contribution is -0.140. The number of carbonyl (C=O) groups excluding carboxylic acids is 1. The van der Waals surface area contributed by atoms with Crippen molar-refractivity contribution in [2.75, 3.05) is 20.3 Å². The fourth-order valence-corrected chi connectivity index (χ4v) is 6.37. The summed E-state index contributed by atoms with van der Waals surface area (Å²) in [6, 6.07) is 6.98. The maximum atomic E-state index is 13.7. The van der Waals surface area contributed by atoms with E-state index in [1.54, 1.807) is 18.2 Å². The van der Waals surface area contributed by atoms with Gasteiger partial charge in [-0.2, -0.15) is 13.2 Å². The van der Waals surface area contributed by atoms with Gasteiger partial charge in [0.15, 0.2) is 17.1 Å². The van der Waals surface area contributed by atoms with E-state index in [-0.39, 0.29) is 22.0 Å². The topological polar surface area (TPSA) is 134 Å². The predicted molar refractivity (Wildman–Crippen MR) is 159 cm³/mol. The van der Waals surface area contributed by atoms with Gasteiger partial charge in [-0.05, 0) is 54.4 Å². The molecule has 1 unspecified atom stereocenters. The van der Waals surface area contributed by atoms with E-state index in [9.17, 15) is 26.4 Å². The standard InChI is InChI=1S/C28H27BrF3N7O4S/c1-16-6-8-19(9-7-16)44(41,42)38-14-21(20-11-18(29)12-34-25(20)38)24-33-13-22-26(37-24)39(23(36-22)5-4-10-43-3)17(2)27(40)35-15-28(30,31)32/h6-9,11-14,17H,4-5,10,15H2,1-3H3,(H,35,40). The normalized spacial score (nSPS) is 13.1. The number of methoxy groups -OCH3 is 1. The number of alkyl halides is 3. The van der Waals surface area contributed by atoms with Gasteiger partial charge in [0, 0.05) is 48.0 Å². The summed E-state index contributed by atoms with van der Waals surface area (Å²) in [6.07, 6.45) is 0.568. The van der Waals surface area contributed by atoms with Gasteiger partial charge in [-0.15, -0.1) is 0 Å². The van der Waals surface area contributed by atoms with Crippen LogP contribution in [0.1, 0.15) is 30.8 Å². The molecule has 5 rings (SSSR count). The zero-order valence-electron chi connectivity index (χ0n) is 23.8. The molecule has 4 heterocycles. The second kappa shape index (κ2) is 12.2. The number of aryl methyl sites for hydroxylation is 2. The molecule has 0 saturated heterocycles. The minimum absolute atomic E-state index is 0.0603. The molecule has 1 N–H and O–H groups in total. The van der Waals surface area contributed by atoms with Gasteiger partial charge in [0.1, 0.15) is 23.9 Å². The summed E-state index contributed by atoms with van der Waals surface area (Å²) < 4.78 is 74.2. The zero-order chi connectivity index (χ0) is 31.8. The molecule has 232 valence electrons. The Labute approximate surface area is 258 Å². The van der Waals surface area contributed by atoms with Crippen LogP contribution in [0, 0.1) is 6.92 Å². The molecule has 0 saturated carbocycles. The van der Waals surface area contributed by atoms with Crippen LogP contribution in [0.15, 0.2) is 58.3 Å². The lowest BCUT2D eigenvalue weighted by atomic mass is 10.2. The molecule has 0 fully saturated rings. The van der Waals surface area contributed by atoms with E-state index in [0.717, 1.165) is 9.54 Å². The lowest BCUT2D eigenvalue weighted by Gasteiger charge is -2.18. The number of pyridine rings is 1. The molecule has 0 radical (unpaired) electrons. The highest BCUT2D eigenvalue weighted by Gasteiger charge is 2.31. The van der Waals surface area contributed by atoms with Crippen molar-refractivity contribution < 1.29 is 31.1 Å². The molecule has 1 atom stereocenters. The molecule has 5 aromatic rings. The molecule has 1 aromatic carbocycles. The highest BCUT2D eigenvalue weighted by Crippen LogP contribution is 2.33. The second-order valence-electron chi connectivity index (χ2n) is 10.1.